The van der Waals surface area contributed by atoms with Crippen LogP contribution in [0.25, 0.3) is 0 Å². The maximum atomic E-state index is 13.3. The summed E-state index contributed by atoms with van der Waals surface area (Å²) >= 11 is 2.75. The molecule has 35 heavy (non-hydrogen) atoms. The average molecular weight is 501 g/mol. The number of carbonyl (C=O) groups excluding carboxylic acids is 2. The van der Waals surface area contributed by atoms with E-state index in [1.54, 1.807) is 0 Å². The van der Waals surface area contributed by atoms with E-state index < -0.39 is 5.92 Å². The summed E-state index contributed by atoms with van der Waals surface area (Å²) in [6, 6.07) is 22.9. The van der Waals surface area contributed by atoms with Crippen molar-refractivity contribution in [1.82, 2.24) is 5.32 Å². The lowest BCUT2D eigenvalue weighted by Gasteiger charge is -2.29. The third kappa shape index (κ3) is 5.65. The third-order valence-corrected chi connectivity index (χ3v) is 7.47. The Kier molecular flexibility index (Phi) is 7.70. The lowest BCUT2D eigenvalue weighted by atomic mass is 9.86. The summed E-state index contributed by atoms with van der Waals surface area (Å²) in [7, 11) is 0. The summed E-state index contributed by atoms with van der Waals surface area (Å²) in [4.78, 5) is 26.9. The summed E-state index contributed by atoms with van der Waals surface area (Å²) in [6.07, 6.45) is 0. The van der Waals surface area contributed by atoms with Crippen LogP contribution in [-0.2, 0) is 9.59 Å². The third-order valence-electron chi connectivity index (χ3n) is 5.52. The molecule has 1 aliphatic heterocycles. The van der Waals surface area contributed by atoms with Crippen molar-refractivity contribution < 1.29 is 9.59 Å². The fourth-order valence-electron chi connectivity index (χ4n) is 3.82. The second-order valence-corrected chi connectivity index (χ2v) is 9.90. The molecule has 4 rings (SSSR count). The minimum atomic E-state index is -0.521. The van der Waals surface area contributed by atoms with E-state index in [0.717, 1.165) is 16.1 Å². The van der Waals surface area contributed by atoms with Crippen LogP contribution in [-0.4, -0.2) is 17.6 Å². The second-order valence-electron chi connectivity index (χ2n) is 7.94. The molecule has 0 unspecified atom stereocenters. The smallest absolute Gasteiger partial charge is 0.254 e. The average Bonchev–Trinajstić information content (AvgIpc) is 3.39. The Morgan fingerprint density at radius 2 is 1.77 bits per heavy atom. The molecule has 3 N–H and O–H groups in total. The van der Waals surface area contributed by atoms with E-state index in [-0.39, 0.29) is 17.6 Å². The molecular weight excluding hydrogens is 476 g/mol. The Morgan fingerprint density at radius 1 is 1.03 bits per heavy atom. The maximum absolute atomic E-state index is 13.3. The lowest BCUT2D eigenvalue weighted by molar-refractivity contribution is -0.114. The van der Waals surface area contributed by atoms with Gasteiger partial charge in [-0.2, -0.15) is 5.26 Å². The predicted octanol–water partition coefficient (Wildman–Crippen LogP) is 5.76. The first-order valence-electron chi connectivity index (χ1n) is 11.0. The zero-order chi connectivity index (χ0) is 24.8. The number of anilines is 2. The van der Waals surface area contributed by atoms with E-state index in [1.165, 1.54) is 23.1 Å². The summed E-state index contributed by atoms with van der Waals surface area (Å²) in [6.45, 7) is 3.76. The molecule has 6 nitrogen and oxygen atoms in total. The number of dihydropyridines is 1. The van der Waals surface area contributed by atoms with Gasteiger partial charge in [-0.15, -0.1) is 11.3 Å². The molecule has 0 radical (unpaired) electrons. The van der Waals surface area contributed by atoms with Gasteiger partial charge in [0.05, 0.1) is 28.3 Å². The van der Waals surface area contributed by atoms with Crippen molar-refractivity contribution >= 4 is 46.3 Å². The molecule has 1 aliphatic rings. The zero-order valence-electron chi connectivity index (χ0n) is 19.3. The molecule has 0 fully saturated rings. The van der Waals surface area contributed by atoms with Crippen LogP contribution in [0.2, 0.25) is 0 Å². The number of rotatable bonds is 7. The van der Waals surface area contributed by atoms with E-state index in [0.29, 0.717) is 27.6 Å². The van der Waals surface area contributed by atoms with Crippen molar-refractivity contribution in [1.29, 1.82) is 5.26 Å². The Bertz CT molecular complexity index is 1340. The number of aryl methyl sites for hydroxylation is 1. The predicted molar refractivity (Wildman–Crippen MR) is 143 cm³/mol. The Labute approximate surface area is 212 Å². The van der Waals surface area contributed by atoms with E-state index in [2.05, 4.69) is 22.0 Å². The number of hydrogen-bond acceptors (Lipinski definition) is 6. The molecule has 2 amide bonds. The number of amides is 2. The van der Waals surface area contributed by atoms with Gasteiger partial charge in [0, 0.05) is 27.5 Å². The van der Waals surface area contributed by atoms with Crippen LogP contribution in [0, 0.1) is 18.3 Å². The topological polar surface area (TPSA) is 94.0 Å². The van der Waals surface area contributed by atoms with Gasteiger partial charge in [0.15, 0.2) is 0 Å². The van der Waals surface area contributed by atoms with Crippen LogP contribution in [0.4, 0.5) is 11.4 Å². The van der Waals surface area contributed by atoms with Crippen LogP contribution in [0.5, 0.6) is 0 Å². The highest BCUT2D eigenvalue weighted by Gasteiger charge is 2.35. The summed E-state index contributed by atoms with van der Waals surface area (Å²) < 4.78 is 0. The molecular formula is C27H24N4O2S2. The molecule has 0 saturated carbocycles. The first-order chi connectivity index (χ1) is 17.0. The van der Waals surface area contributed by atoms with Crippen LogP contribution >= 0.6 is 23.1 Å². The first kappa shape index (κ1) is 24.3. The minimum Gasteiger partial charge on any atom is -0.353 e. The van der Waals surface area contributed by atoms with Crippen LogP contribution < -0.4 is 16.0 Å². The van der Waals surface area contributed by atoms with Crippen molar-refractivity contribution in [3.63, 3.8) is 0 Å². The Balaban J connectivity index is 1.58. The largest absolute Gasteiger partial charge is 0.353 e. The number of nitriles is 1. The number of carbonyl (C=O) groups is 2. The Morgan fingerprint density at radius 3 is 2.46 bits per heavy atom. The number of para-hydroxylation sites is 2. The van der Waals surface area contributed by atoms with Gasteiger partial charge in [-0.25, -0.2) is 0 Å². The number of allylic oxidation sites excluding steroid dienone is 2. The number of thiophene rings is 1. The molecule has 1 atom stereocenters. The number of nitrogens with one attached hydrogen (secondary N) is 3. The molecule has 1 aromatic heterocycles. The van der Waals surface area contributed by atoms with Crippen molar-refractivity contribution in [2.75, 3.05) is 16.4 Å². The second kappa shape index (κ2) is 11.1. The SMILES string of the molecule is CC1=C(C(=O)Nc2ccccc2)[C@@H](c2cccs2)C(C#N)=C(SCC(=O)Nc2ccccc2C)N1. The van der Waals surface area contributed by atoms with Gasteiger partial charge in [-0.3, -0.25) is 9.59 Å². The number of nitrogens with zero attached hydrogens (tertiary/aromatic N) is 1. The van der Waals surface area contributed by atoms with Crippen LogP contribution in [0.15, 0.2) is 94.0 Å². The van der Waals surface area contributed by atoms with Crippen molar-refractivity contribution in [3.8, 4) is 6.07 Å². The molecule has 0 spiro atoms. The summed E-state index contributed by atoms with van der Waals surface area (Å²) in [5.41, 5.74) is 3.98. The maximum Gasteiger partial charge on any atom is 0.254 e. The van der Waals surface area contributed by atoms with Crippen LogP contribution in [0.1, 0.15) is 23.3 Å². The van der Waals surface area contributed by atoms with E-state index in [1.807, 2.05) is 86.0 Å². The molecule has 176 valence electrons. The van der Waals surface area contributed by atoms with Gasteiger partial charge in [0.2, 0.25) is 5.91 Å². The number of benzene rings is 2. The van der Waals surface area contributed by atoms with Crippen molar-refractivity contribution in [2.45, 2.75) is 19.8 Å². The molecule has 2 heterocycles. The Hall–Kier alpha value is -3.80. The van der Waals surface area contributed by atoms with Gasteiger partial charge in [0.1, 0.15) is 0 Å². The van der Waals surface area contributed by atoms with Crippen molar-refractivity contribution in [2.24, 2.45) is 0 Å². The minimum absolute atomic E-state index is 0.123. The highest BCUT2D eigenvalue weighted by atomic mass is 32.2. The fourth-order valence-corrected chi connectivity index (χ4v) is 5.56. The van der Waals surface area contributed by atoms with Crippen molar-refractivity contribution in [3.05, 3.63) is 104 Å². The van der Waals surface area contributed by atoms with Gasteiger partial charge in [0.25, 0.3) is 5.91 Å². The molecule has 0 bridgehead atoms. The quantitative estimate of drug-likeness (QED) is 0.383. The fraction of sp³-hybridized carbons (Fsp3) is 0.148. The lowest BCUT2D eigenvalue weighted by Crippen LogP contribution is -2.30. The summed E-state index contributed by atoms with van der Waals surface area (Å²) in [5.74, 6) is -0.837. The van der Waals surface area contributed by atoms with E-state index >= 15 is 0 Å². The van der Waals surface area contributed by atoms with Gasteiger partial charge in [-0.05, 0) is 49.1 Å². The monoisotopic (exact) mass is 500 g/mol. The molecule has 0 aliphatic carbocycles. The molecule has 3 aromatic rings. The normalized spacial score (nSPS) is 15.3. The first-order valence-corrected chi connectivity index (χ1v) is 12.8. The highest BCUT2D eigenvalue weighted by Crippen LogP contribution is 2.42. The van der Waals surface area contributed by atoms with Gasteiger partial charge in [-0.1, -0.05) is 54.2 Å². The van der Waals surface area contributed by atoms with Gasteiger partial charge >= 0.3 is 0 Å². The highest BCUT2D eigenvalue weighted by molar-refractivity contribution is 8.03. The van der Waals surface area contributed by atoms with Crippen LogP contribution in [0.3, 0.4) is 0 Å². The zero-order valence-corrected chi connectivity index (χ0v) is 20.9. The number of hydrogen-bond donors (Lipinski definition) is 3. The summed E-state index contributed by atoms with van der Waals surface area (Å²) in [5, 5.41) is 21.7. The standard InChI is InChI=1S/C27H24N4O2S2/c1-17-9-6-7-12-21(17)31-23(32)16-35-27-20(15-28)25(22-13-8-14-34-22)24(18(2)29-27)26(33)30-19-10-4-3-5-11-19/h3-14,25,29H,16H2,1-2H3,(H,30,33)(H,31,32)/t25-/m1/s1. The molecule has 0 saturated heterocycles. The van der Waals surface area contributed by atoms with Gasteiger partial charge < -0.3 is 16.0 Å². The molecule has 2 aromatic carbocycles. The number of thioether (sulfide) groups is 1. The molecule has 8 heteroatoms. The van der Waals surface area contributed by atoms with E-state index in [4.69, 9.17) is 0 Å². The van der Waals surface area contributed by atoms with E-state index in [9.17, 15) is 14.9 Å².